The molecule has 120 valence electrons. The van der Waals surface area contributed by atoms with Gasteiger partial charge in [0.1, 0.15) is 5.82 Å². The summed E-state index contributed by atoms with van der Waals surface area (Å²) in [6.45, 7) is 3.39. The molecule has 0 bridgehead atoms. The van der Waals surface area contributed by atoms with Crippen molar-refractivity contribution in [1.29, 1.82) is 0 Å². The van der Waals surface area contributed by atoms with Crippen LogP contribution in [0, 0.1) is 13.8 Å². The van der Waals surface area contributed by atoms with E-state index >= 15 is 0 Å². The van der Waals surface area contributed by atoms with Crippen LogP contribution in [0.1, 0.15) is 11.1 Å². The number of rotatable bonds is 2. The highest BCUT2D eigenvalue weighted by molar-refractivity contribution is 6.46. The topological polar surface area (TPSA) is 70.3 Å². The average Bonchev–Trinajstić information content (AvgIpc) is 2.69. The summed E-state index contributed by atoms with van der Waals surface area (Å²) in [6, 6.07) is 4.93. The minimum absolute atomic E-state index is 0.116. The molecule has 2 aromatic heterocycles. The van der Waals surface area contributed by atoms with Crippen molar-refractivity contribution in [2.45, 2.75) is 13.8 Å². The lowest BCUT2D eigenvalue weighted by molar-refractivity contribution is 0.390. The van der Waals surface area contributed by atoms with E-state index in [0.29, 0.717) is 37.9 Å². The fourth-order valence-electron chi connectivity index (χ4n) is 2.24. The molecule has 8 heteroatoms. The molecular weight excluding hydrogens is 361 g/mol. The molecule has 0 aliphatic carbocycles. The number of hydrogen-bond donors (Lipinski definition) is 3. The Hall–Kier alpha value is -1.82. The van der Waals surface area contributed by atoms with E-state index in [1.54, 1.807) is 32.0 Å². The zero-order valence-corrected chi connectivity index (χ0v) is 14.4. The minimum atomic E-state index is -0.116. The standard InChI is InChI=1S/C15H12Cl3N3O2/c1-6-7(2)15(23)21(14(6)22)20-11-5-10(17)8-3-4-9(16)12(18)13(8)19-11/h3-5,22-23H,1-2H3,(H,19,20). The molecule has 0 radical (unpaired) electrons. The van der Waals surface area contributed by atoms with Crippen molar-refractivity contribution in [2.75, 3.05) is 5.43 Å². The van der Waals surface area contributed by atoms with Crippen molar-refractivity contribution in [2.24, 2.45) is 0 Å². The maximum absolute atomic E-state index is 10.1. The largest absolute Gasteiger partial charge is 0.493 e. The molecule has 2 heterocycles. The fraction of sp³-hybridized carbons (Fsp3) is 0.133. The van der Waals surface area contributed by atoms with E-state index in [9.17, 15) is 10.2 Å². The molecule has 3 aromatic rings. The highest BCUT2D eigenvalue weighted by Crippen LogP contribution is 2.36. The summed E-state index contributed by atoms with van der Waals surface area (Å²) in [5.41, 5.74) is 4.34. The Balaban J connectivity index is 2.15. The van der Waals surface area contributed by atoms with Gasteiger partial charge in [0.25, 0.3) is 0 Å². The van der Waals surface area contributed by atoms with E-state index in [1.165, 1.54) is 0 Å². The van der Waals surface area contributed by atoms with E-state index in [0.717, 1.165) is 4.68 Å². The van der Waals surface area contributed by atoms with Crippen LogP contribution in [-0.2, 0) is 0 Å². The smallest absolute Gasteiger partial charge is 0.216 e. The summed E-state index contributed by atoms with van der Waals surface area (Å²) >= 11 is 18.4. The van der Waals surface area contributed by atoms with E-state index in [2.05, 4.69) is 10.4 Å². The number of hydrogen-bond acceptors (Lipinski definition) is 4. The second-order valence-electron chi connectivity index (χ2n) is 5.09. The van der Waals surface area contributed by atoms with Crippen LogP contribution in [0.5, 0.6) is 11.8 Å². The molecule has 0 amide bonds. The molecule has 0 aliphatic rings. The van der Waals surface area contributed by atoms with Crippen LogP contribution in [0.2, 0.25) is 15.1 Å². The lowest BCUT2D eigenvalue weighted by Crippen LogP contribution is -2.09. The average molecular weight is 373 g/mol. The van der Waals surface area contributed by atoms with E-state index in [-0.39, 0.29) is 16.8 Å². The Morgan fingerprint density at radius 3 is 2.22 bits per heavy atom. The molecule has 0 aliphatic heterocycles. The van der Waals surface area contributed by atoms with Crippen LogP contribution in [0.15, 0.2) is 18.2 Å². The first-order valence-electron chi connectivity index (χ1n) is 6.62. The monoisotopic (exact) mass is 371 g/mol. The number of fused-ring (bicyclic) bond motifs is 1. The Labute approximate surface area is 147 Å². The zero-order valence-electron chi connectivity index (χ0n) is 12.2. The second-order valence-corrected chi connectivity index (χ2v) is 6.28. The van der Waals surface area contributed by atoms with Crippen LogP contribution in [0.25, 0.3) is 10.9 Å². The first-order valence-corrected chi connectivity index (χ1v) is 7.75. The Kier molecular flexibility index (Phi) is 3.96. The fourth-order valence-corrected chi connectivity index (χ4v) is 2.86. The number of anilines is 1. The lowest BCUT2D eigenvalue weighted by atomic mass is 10.2. The Morgan fingerprint density at radius 2 is 1.61 bits per heavy atom. The molecular formula is C15H12Cl3N3O2. The predicted octanol–water partition coefficient (Wildman–Crippen LogP) is 4.90. The second kappa shape index (κ2) is 5.67. The van der Waals surface area contributed by atoms with Gasteiger partial charge in [-0.15, -0.1) is 0 Å². The van der Waals surface area contributed by atoms with Gasteiger partial charge < -0.3 is 10.2 Å². The molecule has 3 rings (SSSR count). The van der Waals surface area contributed by atoms with Gasteiger partial charge in [-0.05, 0) is 26.0 Å². The van der Waals surface area contributed by atoms with Crippen LogP contribution in [-0.4, -0.2) is 19.9 Å². The first kappa shape index (κ1) is 16.1. The van der Waals surface area contributed by atoms with Gasteiger partial charge in [0, 0.05) is 22.6 Å². The quantitative estimate of drug-likeness (QED) is 0.598. The van der Waals surface area contributed by atoms with Crippen molar-refractivity contribution >= 4 is 51.5 Å². The maximum atomic E-state index is 10.1. The van der Waals surface area contributed by atoms with Gasteiger partial charge in [-0.1, -0.05) is 34.8 Å². The molecule has 3 N–H and O–H groups in total. The summed E-state index contributed by atoms with van der Waals surface area (Å²) in [5, 5.41) is 21.9. The molecule has 1 aromatic carbocycles. The number of pyridine rings is 1. The van der Waals surface area contributed by atoms with Crippen LogP contribution < -0.4 is 5.43 Å². The zero-order chi connectivity index (χ0) is 16.9. The minimum Gasteiger partial charge on any atom is -0.493 e. The van der Waals surface area contributed by atoms with Gasteiger partial charge >= 0.3 is 0 Å². The summed E-state index contributed by atoms with van der Waals surface area (Å²) in [5.74, 6) is 0.0673. The van der Waals surface area contributed by atoms with Gasteiger partial charge in [-0.3, -0.25) is 5.43 Å². The first-order chi connectivity index (χ1) is 10.8. The summed E-state index contributed by atoms with van der Waals surface area (Å²) in [4.78, 5) is 4.36. The van der Waals surface area contributed by atoms with Crippen molar-refractivity contribution < 1.29 is 10.2 Å². The number of halogens is 3. The van der Waals surface area contributed by atoms with Gasteiger partial charge in [0.05, 0.1) is 20.6 Å². The molecule has 5 nitrogen and oxygen atoms in total. The molecule has 23 heavy (non-hydrogen) atoms. The van der Waals surface area contributed by atoms with Gasteiger partial charge in [0.15, 0.2) is 0 Å². The molecule has 0 unspecified atom stereocenters. The molecule has 0 saturated heterocycles. The summed E-state index contributed by atoms with van der Waals surface area (Å²) < 4.78 is 1.12. The number of benzene rings is 1. The highest BCUT2D eigenvalue weighted by Gasteiger charge is 2.17. The Bertz CT molecular complexity index is 912. The van der Waals surface area contributed by atoms with E-state index < -0.39 is 0 Å². The van der Waals surface area contributed by atoms with Gasteiger partial charge in [-0.25, -0.2) is 4.98 Å². The number of nitrogens with zero attached hydrogens (tertiary/aromatic N) is 2. The summed E-state index contributed by atoms with van der Waals surface area (Å²) in [7, 11) is 0. The van der Waals surface area contributed by atoms with Crippen molar-refractivity contribution in [3.05, 3.63) is 44.4 Å². The molecule has 0 saturated carbocycles. The van der Waals surface area contributed by atoms with Crippen LogP contribution >= 0.6 is 34.8 Å². The Morgan fingerprint density at radius 1 is 1.00 bits per heavy atom. The number of nitrogens with one attached hydrogen (secondary N) is 1. The SMILES string of the molecule is Cc1c(C)c(O)n(Nc2cc(Cl)c3ccc(Cl)c(Cl)c3n2)c1O. The van der Waals surface area contributed by atoms with Crippen molar-refractivity contribution in [3.63, 3.8) is 0 Å². The van der Waals surface area contributed by atoms with Crippen LogP contribution in [0.3, 0.4) is 0 Å². The van der Waals surface area contributed by atoms with Gasteiger partial charge in [0.2, 0.25) is 11.8 Å². The van der Waals surface area contributed by atoms with E-state index in [1.807, 2.05) is 0 Å². The highest BCUT2D eigenvalue weighted by atomic mass is 35.5. The van der Waals surface area contributed by atoms with Crippen molar-refractivity contribution in [1.82, 2.24) is 9.66 Å². The summed E-state index contributed by atoms with van der Waals surface area (Å²) in [6.07, 6.45) is 0. The third-order valence-corrected chi connectivity index (χ3v) is 4.81. The van der Waals surface area contributed by atoms with E-state index in [4.69, 9.17) is 34.8 Å². The van der Waals surface area contributed by atoms with Crippen molar-refractivity contribution in [3.8, 4) is 11.8 Å². The predicted molar refractivity (Wildman–Crippen MR) is 93.0 cm³/mol. The molecule has 0 atom stereocenters. The normalized spacial score (nSPS) is 11.2. The molecule has 0 spiro atoms. The molecule has 0 fully saturated rings. The lowest BCUT2D eigenvalue weighted by Gasteiger charge is -2.12. The third kappa shape index (κ3) is 2.55. The number of aromatic nitrogens is 2. The number of aromatic hydroxyl groups is 2. The third-order valence-electron chi connectivity index (χ3n) is 3.71. The van der Waals surface area contributed by atoms with Crippen LogP contribution in [0.4, 0.5) is 5.82 Å². The van der Waals surface area contributed by atoms with Gasteiger partial charge in [-0.2, -0.15) is 4.68 Å². The maximum Gasteiger partial charge on any atom is 0.216 e.